The lowest BCUT2D eigenvalue weighted by Gasteiger charge is -2.10. The first-order valence-electron chi connectivity index (χ1n) is 4.36. The van der Waals surface area contributed by atoms with Crippen LogP contribution in [-0.2, 0) is 0 Å². The number of nitrogens with zero attached hydrogens (tertiary/aromatic N) is 1. The van der Waals surface area contributed by atoms with Gasteiger partial charge in [0, 0.05) is 5.56 Å². The van der Waals surface area contributed by atoms with Gasteiger partial charge >= 0.3 is 0 Å². The number of nitriles is 1. The molecule has 1 aromatic rings. The third-order valence-electron chi connectivity index (χ3n) is 2.01. The number of carbonyl (C=O) groups is 1. The van der Waals surface area contributed by atoms with E-state index in [0.29, 0.717) is 5.56 Å². The molecule has 0 aliphatic heterocycles. The zero-order valence-electron chi connectivity index (χ0n) is 8.25. The van der Waals surface area contributed by atoms with Gasteiger partial charge in [0.15, 0.2) is 5.78 Å². The van der Waals surface area contributed by atoms with Crippen LogP contribution < -0.4 is 0 Å². The van der Waals surface area contributed by atoms with Crippen LogP contribution in [0.3, 0.4) is 0 Å². The molecule has 0 aliphatic rings. The summed E-state index contributed by atoms with van der Waals surface area (Å²) in [5, 5.41) is 8.93. The van der Waals surface area contributed by atoms with Crippen molar-refractivity contribution in [2.24, 2.45) is 11.8 Å². The second kappa shape index (κ2) is 5.24. The Kier molecular flexibility index (Phi) is 4.50. The summed E-state index contributed by atoms with van der Waals surface area (Å²) in [5.74, 6) is -0.641. The van der Waals surface area contributed by atoms with Gasteiger partial charge in [-0.2, -0.15) is 5.26 Å². The minimum Gasteiger partial charge on any atom is -0.293 e. The van der Waals surface area contributed by atoms with E-state index in [-0.39, 0.29) is 11.7 Å². The van der Waals surface area contributed by atoms with Gasteiger partial charge in [-0.15, -0.1) is 11.3 Å². The van der Waals surface area contributed by atoms with Crippen LogP contribution >= 0.6 is 43.2 Å². The van der Waals surface area contributed by atoms with Crippen LogP contribution in [0.25, 0.3) is 0 Å². The fourth-order valence-electron chi connectivity index (χ4n) is 1.19. The molecular formula is C10H9Br2NOS. The summed E-state index contributed by atoms with van der Waals surface area (Å²) >= 11 is 8.08. The minimum atomic E-state index is -0.567. The Morgan fingerprint density at radius 3 is 2.47 bits per heavy atom. The third-order valence-corrected chi connectivity index (χ3v) is 4.35. The first kappa shape index (κ1) is 12.9. The lowest BCUT2D eigenvalue weighted by atomic mass is 9.90. The molecule has 0 N–H and O–H groups in total. The van der Waals surface area contributed by atoms with Gasteiger partial charge in [-0.25, -0.2) is 0 Å². The van der Waals surface area contributed by atoms with Crippen LogP contribution in [0.5, 0.6) is 0 Å². The SMILES string of the molecule is CC(C)C(C#N)C(=O)c1cc(Br)sc1Br. The van der Waals surface area contributed by atoms with E-state index in [4.69, 9.17) is 5.26 Å². The van der Waals surface area contributed by atoms with Gasteiger partial charge in [0.25, 0.3) is 0 Å². The van der Waals surface area contributed by atoms with Gasteiger partial charge < -0.3 is 0 Å². The highest BCUT2D eigenvalue weighted by Crippen LogP contribution is 2.34. The first-order valence-corrected chi connectivity index (χ1v) is 6.76. The van der Waals surface area contributed by atoms with Gasteiger partial charge in [-0.3, -0.25) is 4.79 Å². The van der Waals surface area contributed by atoms with Gasteiger partial charge in [0.1, 0.15) is 5.92 Å². The van der Waals surface area contributed by atoms with E-state index in [2.05, 4.69) is 37.9 Å². The Balaban J connectivity index is 3.04. The van der Waals surface area contributed by atoms with E-state index in [1.165, 1.54) is 11.3 Å². The molecule has 1 aromatic heterocycles. The van der Waals surface area contributed by atoms with Crippen molar-refractivity contribution in [1.82, 2.24) is 0 Å². The predicted octanol–water partition coefficient (Wildman–Crippen LogP) is 4.25. The molecule has 2 nitrogen and oxygen atoms in total. The van der Waals surface area contributed by atoms with Gasteiger partial charge in [0.2, 0.25) is 0 Å². The molecule has 0 aromatic carbocycles. The van der Waals surface area contributed by atoms with E-state index in [0.717, 1.165) is 7.57 Å². The van der Waals surface area contributed by atoms with Crippen molar-refractivity contribution in [3.63, 3.8) is 0 Å². The fraction of sp³-hybridized carbons (Fsp3) is 0.400. The van der Waals surface area contributed by atoms with Crippen molar-refractivity contribution in [3.05, 3.63) is 19.2 Å². The first-order chi connectivity index (χ1) is 6.97. The second-order valence-electron chi connectivity index (χ2n) is 3.45. The van der Waals surface area contributed by atoms with E-state index in [9.17, 15) is 4.79 Å². The van der Waals surface area contributed by atoms with Crippen LogP contribution in [0.2, 0.25) is 0 Å². The number of halogens is 2. The maximum atomic E-state index is 12.0. The molecule has 0 spiro atoms. The van der Waals surface area contributed by atoms with Crippen molar-refractivity contribution in [1.29, 1.82) is 5.26 Å². The van der Waals surface area contributed by atoms with Crippen molar-refractivity contribution >= 4 is 49.0 Å². The van der Waals surface area contributed by atoms with Crippen molar-refractivity contribution < 1.29 is 4.79 Å². The molecular weight excluding hydrogens is 342 g/mol. The molecule has 0 amide bonds. The van der Waals surface area contributed by atoms with E-state index < -0.39 is 5.92 Å². The maximum absolute atomic E-state index is 12.0. The quantitative estimate of drug-likeness (QED) is 0.764. The Bertz CT molecular complexity index is 420. The van der Waals surface area contributed by atoms with E-state index in [1.807, 2.05) is 13.8 Å². The maximum Gasteiger partial charge on any atom is 0.182 e. The lowest BCUT2D eigenvalue weighted by Crippen LogP contribution is -2.18. The zero-order valence-corrected chi connectivity index (χ0v) is 12.2. The van der Waals surface area contributed by atoms with Crippen LogP contribution in [0.4, 0.5) is 0 Å². The van der Waals surface area contributed by atoms with Gasteiger partial charge in [-0.05, 0) is 43.8 Å². The molecule has 5 heteroatoms. The number of hydrogen-bond donors (Lipinski definition) is 0. The van der Waals surface area contributed by atoms with Gasteiger partial charge in [-0.1, -0.05) is 13.8 Å². The molecule has 15 heavy (non-hydrogen) atoms. The third kappa shape index (κ3) is 2.90. The molecule has 0 saturated heterocycles. The minimum absolute atomic E-state index is 0.0353. The molecule has 80 valence electrons. The summed E-state index contributed by atoms with van der Waals surface area (Å²) in [6.45, 7) is 3.75. The highest BCUT2D eigenvalue weighted by molar-refractivity contribution is 9.12. The van der Waals surface area contributed by atoms with Crippen LogP contribution in [0.1, 0.15) is 24.2 Å². The van der Waals surface area contributed by atoms with Crippen molar-refractivity contribution in [2.75, 3.05) is 0 Å². The summed E-state index contributed by atoms with van der Waals surface area (Å²) in [4.78, 5) is 12.0. The molecule has 0 aliphatic carbocycles. The van der Waals surface area contributed by atoms with Gasteiger partial charge in [0.05, 0.1) is 13.6 Å². The predicted molar refractivity (Wildman–Crippen MR) is 68.0 cm³/mol. The van der Waals surface area contributed by atoms with Crippen LogP contribution in [-0.4, -0.2) is 5.78 Å². The second-order valence-corrected chi connectivity index (χ2v) is 7.20. The van der Waals surface area contributed by atoms with Crippen LogP contribution in [0, 0.1) is 23.2 Å². The monoisotopic (exact) mass is 349 g/mol. The molecule has 0 bridgehead atoms. The fourth-order valence-corrected chi connectivity index (χ4v) is 4.00. The molecule has 1 unspecified atom stereocenters. The zero-order chi connectivity index (χ0) is 11.6. The molecule has 1 heterocycles. The van der Waals surface area contributed by atoms with Crippen LogP contribution in [0.15, 0.2) is 13.6 Å². The number of ketones is 1. The summed E-state index contributed by atoms with van der Waals surface area (Å²) in [5.41, 5.74) is 0.590. The summed E-state index contributed by atoms with van der Waals surface area (Å²) < 4.78 is 1.67. The summed E-state index contributed by atoms with van der Waals surface area (Å²) in [6.07, 6.45) is 0. The molecule has 0 radical (unpaired) electrons. The highest BCUT2D eigenvalue weighted by Gasteiger charge is 2.25. The Morgan fingerprint density at radius 2 is 2.13 bits per heavy atom. The summed E-state index contributed by atoms with van der Waals surface area (Å²) in [6, 6.07) is 3.81. The number of Topliss-reactive ketones (excluding diaryl/α,β-unsaturated/α-hetero) is 1. The lowest BCUT2D eigenvalue weighted by molar-refractivity contribution is 0.0924. The number of rotatable bonds is 3. The largest absolute Gasteiger partial charge is 0.293 e. The highest BCUT2D eigenvalue weighted by atomic mass is 79.9. The van der Waals surface area contributed by atoms with E-state index >= 15 is 0 Å². The molecule has 1 atom stereocenters. The Hall–Kier alpha value is -0.180. The standard InChI is InChI=1S/C10H9Br2NOS/c1-5(2)7(4-13)9(14)6-3-8(11)15-10(6)12/h3,5,7H,1-2H3. The van der Waals surface area contributed by atoms with Crippen molar-refractivity contribution in [2.45, 2.75) is 13.8 Å². The number of thiophene rings is 1. The van der Waals surface area contributed by atoms with Crippen molar-refractivity contribution in [3.8, 4) is 6.07 Å². The van der Waals surface area contributed by atoms with E-state index in [1.54, 1.807) is 6.07 Å². The average Bonchev–Trinajstić information content (AvgIpc) is 2.45. The molecule has 0 saturated carbocycles. The topological polar surface area (TPSA) is 40.9 Å². The summed E-state index contributed by atoms with van der Waals surface area (Å²) in [7, 11) is 0. The average molecular weight is 351 g/mol. The molecule has 0 fully saturated rings. The Morgan fingerprint density at radius 1 is 1.53 bits per heavy atom. The number of hydrogen-bond acceptors (Lipinski definition) is 3. The number of carbonyl (C=O) groups excluding carboxylic acids is 1. The Labute approximate surface area is 110 Å². The molecule has 1 rings (SSSR count). The normalized spacial score (nSPS) is 12.5. The smallest absolute Gasteiger partial charge is 0.182 e.